The van der Waals surface area contributed by atoms with Crippen LogP contribution in [0.1, 0.15) is 19.8 Å². The van der Waals surface area contributed by atoms with Gasteiger partial charge in [-0.2, -0.15) is 0 Å². The summed E-state index contributed by atoms with van der Waals surface area (Å²) in [5.41, 5.74) is 0.592. The number of nitrogens with one attached hydrogen (secondary N) is 2. The molecule has 0 spiro atoms. The Hall–Kier alpha value is -1.75. The molecule has 2 unspecified atom stereocenters. The number of methoxy groups -OCH3 is 1. The number of amides is 1. The highest BCUT2D eigenvalue weighted by atomic mass is 16.5. The molecule has 5 nitrogen and oxygen atoms in total. The lowest BCUT2D eigenvalue weighted by atomic mass is 9.92. The van der Waals surface area contributed by atoms with Crippen LogP contribution in [0.15, 0.2) is 18.2 Å². The Kier molecular flexibility index (Phi) is 4.27. The van der Waals surface area contributed by atoms with E-state index in [1.54, 1.807) is 12.1 Å². The number of carbonyl (C=O) groups is 1. The molecular formula is C14H20N2O3. The molecule has 1 amide bonds. The Morgan fingerprint density at radius 3 is 2.95 bits per heavy atom. The van der Waals surface area contributed by atoms with Crippen molar-refractivity contribution in [3.8, 4) is 11.5 Å². The number of hydrogen-bond donors (Lipinski definition) is 3. The molecule has 0 aromatic heterocycles. The van der Waals surface area contributed by atoms with Crippen molar-refractivity contribution in [1.29, 1.82) is 0 Å². The Morgan fingerprint density at radius 1 is 1.53 bits per heavy atom. The summed E-state index contributed by atoms with van der Waals surface area (Å²) in [5, 5.41) is 15.8. The van der Waals surface area contributed by atoms with Crippen molar-refractivity contribution in [2.45, 2.75) is 25.8 Å². The molecule has 104 valence electrons. The highest BCUT2D eigenvalue weighted by molar-refractivity contribution is 5.93. The van der Waals surface area contributed by atoms with Crippen molar-refractivity contribution in [3.05, 3.63) is 18.2 Å². The molecule has 1 aromatic rings. The average Bonchev–Trinajstić information content (AvgIpc) is 2.39. The molecule has 0 saturated carbocycles. The number of phenolic OH excluding ortho intramolecular Hbond substituents is 1. The third kappa shape index (κ3) is 3.38. The van der Waals surface area contributed by atoms with Crippen molar-refractivity contribution in [2.24, 2.45) is 5.92 Å². The molecule has 2 rings (SSSR count). The average molecular weight is 264 g/mol. The maximum atomic E-state index is 12.1. The monoisotopic (exact) mass is 264 g/mol. The van der Waals surface area contributed by atoms with E-state index in [9.17, 15) is 9.90 Å². The van der Waals surface area contributed by atoms with Gasteiger partial charge in [-0.3, -0.25) is 4.79 Å². The molecule has 1 aliphatic heterocycles. The maximum Gasteiger partial charge on any atom is 0.227 e. The number of anilines is 1. The van der Waals surface area contributed by atoms with Crippen LogP contribution in [0.5, 0.6) is 11.5 Å². The summed E-state index contributed by atoms with van der Waals surface area (Å²) >= 11 is 0. The van der Waals surface area contributed by atoms with Gasteiger partial charge in [0.2, 0.25) is 5.91 Å². The van der Waals surface area contributed by atoms with Crippen molar-refractivity contribution in [2.75, 3.05) is 19.0 Å². The van der Waals surface area contributed by atoms with Crippen LogP contribution in [0.4, 0.5) is 5.69 Å². The van der Waals surface area contributed by atoms with Crippen molar-refractivity contribution < 1.29 is 14.6 Å². The van der Waals surface area contributed by atoms with Gasteiger partial charge in [0, 0.05) is 23.7 Å². The second kappa shape index (κ2) is 5.93. The van der Waals surface area contributed by atoms with E-state index in [0.717, 1.165) is 19.4 Å². The van der Waals surface area contributed by atoms with Crippen molar-refractivity contribution in [3.63, 3.8) is 0 Å². The molecule has 0 bridgehead atoms. The summed E-state index contributed by atoms with van der Waals surface area (Å²) in [6, 6.07) is 5.23. The summed E-state index contributed by atoms with van der Waals surface area (Å²) in [4.78, 5) is 12.1. The van der Waals surface area contributed by atoms with Gasteiger partial charge in [0.25, 0.3) is 0 Å². The quantitative estimate of drug-likeness (QED) is 0.777. The SMILES string of the molecule is COc1ccc(NC(=O)C2CCNC(C)C2)cc1O. The maximum absolute atomic E-state index is 12.1. The minimum absolute atomic E-state index is 0.0120. The fourth-order valence-electron chi connectivity index (χ4n) is 2.38. The first-order valence-corrected chi connectivity index (χ1v) is 6.51. The summed E-state index contributed by atoms with van der Waals surface area (Å²) in [6.45, 7) is 2.95. The van der Waals surface area contributed by atoms with Crippen LogP contribution >= 0.6 is 0 Å². The number of hydrogen-bond acceptors (Lipinski definition) is 4. The van der Waals surface area contributed by atoms with E-state index in [4.69, 9.17) is 4.74 Å². The standard InChI is InChI=1S/C14H20N2O3/c1-9-7-10(5-6-15-9)14(18)16-11-3-4-13(19-2)12(17)8-11/h3-4,8-10,15,17H,5-7H2,1-2H3,(H,16,18). The molecule has 1 saturated heterocycles. The highest BCUT2D eigenvalue weighted by Crippen LogP contribution is 2.29. The van der Waals surface area contributed by atoms with Gasteiger partial charge in [-0.05, 0) is 38.4 Å². The van der Waals surface area contributed by atoms with Gasteiger partial charge in [0.1, 0.15) is 0 Å². The molecular weight excluding hydrogens is 244 g/mol. The first-order valence-electron chi connectivity index (χ1n) is 6.51. The number of carbonyl (C=O) groups excluding carboxylic acids is 1. The van der Waals surface area contributed by atoms with E-state index < -0.39 is 0 Å². The molecule has 2 atom stereocenters. The first kappa shape index (κ1) is 13.7. The third-order valence-electron chi connectivity index (χ3n) is 3.44. The Balaban J connectivity index is 2.00. The molecule has 19 heavy (non-hydrogen) atoms. The highest BCUT2D eigenvalue weighted by Gasteiger charge is 2.24. The molecule has 5 heteroatoms. The van der Waals surface area contributed by atoms with E-state index in [0.29, 0.717) is 17.5 Å². The molecule has 1 heterocycles. The van der Waals surface area contributed by atoms with Gasteiger partial charge in [-0.15, -0.1) is 0 Å². The predicted molar refractivity (Wildman–Crippen MR) is 73.5 cm³/mol. The van der Waals surface area contributed by atoms with Crippen LogP contribution in [0.3, 0.4) is 0 Å². The Morgan fingerprint density at radius 2 is 2.32 bits per heavy atom. The third-order valence-corrected chi connectivity index (χ3v) is 3.44. The summed E-state index contributed by atoms with van der Waals surface area (Å²) in [7, 11) is 1.49. The zero-order chi connectivity index (χ0) is 13.8. The number of ether oxygens (including phenoxy) is 1. The van der Waals surface area contributed by atoms with Crippen LogP contribution in [-0.2, 0) is 4.79 Å². The Bertz CT molecular complexity index is 462. The van der Waals surface area contributed by atoms with Gasteiger partial charge < -0.3 is 20.5 Å². The second-order valence-corrected chi connectivity index (χ2v) is 4.95. The second-order valence-electron chi connectivity index (χ2n) is 4.95. The first-order chi connectivity index (χ1) is 9.10. The Labute approximate surface area is 113 Å². The predicted octanol–water partition coefficient (Wildman–Crippen LogP) is 1.73. The summed E-state index contributed by atoms with van der Waals surface area (Å²) in [6.07, 6.45) is 1.69. The van der Waals surface area contributed by atoms with Crippen molar-refractivity contribution >= 4 is 11.6 Å². The van der Waals surface area contributed by atoms with Gasteiger partial charge in [0.15, 0.2) is 11.5 Å². The fraction of sp³-hybridized carbons (Fsp3) is 0.500. The molecule has 1 fully saturated rings. The van der Waals surface area contributed by atoms with E-state index in [-0.39, 0.29) is 17.6 Å². The van der Waals surface area contributed by atoms with Crippen molar-refractivity contribution in [1.82, 2.24) is 5.32 Å². The number of piperidine rings is 1. The van der Waals surface area contributed by atoms with Crippen LogP contribution in [0, 0.1) is 5.92 Å². The van der Waals surface area contributed by atoms with Crippen LogP contribution < -0.4 is 15.4 Å². The van der Waals surface area contributed by atoms with E-state index >= 15 is 0 Å². The summed E-state index contributed by atoms with van der Waals surface area (Å²) < 4.78 is 4.96. The van der Waals surface area contributed by atoms with E-state index in [1.807, 2.05) is 0 Å². The van der Waals surface area contributed by atoms with Gasteiger partial charge in [-0.1, -0.05) is 0 Å². The van der Waals surface area contributed by atoms with Gasteiger partial charge in [-0.25, -0.2) is 0 Å². The topological polar surface area (TPSA) is 70.6 Å². The van der Waals surface area contributed by atoms with Crippen LogP contribution in [0.2, 0.25) is 0 Å². The lowest BCUT2D eigenvalue weighted by molar-refractivity contribution is -0.120. The van der Waals surface area contributed by atoms with Gasteiger partial charge in [0.05, 0.1) is 7.11 Å². The van der Waals surface area contributed by atoms with E-state index in [1.165, 1.54) is 13.2 Å². The number of rotatable bonds is 3. The summed E-state index contributed by atoms with van der Waals surface area (Å²) in [5.74, 6) is 0.464. The zero-order valence-corrected chi connectivity index (χ0v) is 11.3. The molecule has 0 radical (unpaired) electrons. The molecule has 3 N–H and O–H groups in total. The lowest BCUT2D eigenvalue weighted by Crippen LogP contribution is -2.40. The molecule has 1 aromatic carbocycles. The number of benzene rings is 1. The lowest BCUT2D eigenvalue weighted by Gasteiger charge is -2.27. The fourth-order valence-corrected chi connectivity index (χ4v) is 2.38. The van der Waals surface area contributed by atoms with Crippen LogP contribution in [0.25, 0.3) is 0 Å². The van der Waals surface area contributed by atoms with Crippen LogP contribution in [-0.4, -0.2) is 30.7 Å². The zero-order valence-electron chi connectivity index (χ0n) is 11.3. The van der Waals surface area contributed by atoms with Gasteiger partial charge >= 0.3 is 0 Å². The minimum Gasteiger partial charge on any atom is -0.504 e. The molecule has 1 aliphatic rings. The number of aromatic hydroxyl groups is 1. The number of phenols is 1. The van der Waals surface area contributed by atoms with E-state index in [2.05, 4.69) is 17.6 Å². The normalized spacial score (nSPS) is 22.8. The smallest absolute Gasteiger partial charge is 0.227 e. The largest absolute Gasteiger partial charge is 0.504 e. The minimum atomic E-state index is 0.0120. The molecule has 0 aliphatic carbocycles.